The van der Waals surface area contributed by atoms with Gasteiger partial charge in [0.1, 0.15) is 5.60 Å². The van der Waals surface area contributed by atoms with Crippen molar-refractivity contribution in [3.8, 4) is 0 Å². The van der Waals surface area contributed by atoms with Crippen LogP contribution in [0.3, 0.4) is 0 Å². The molecule has 0 radical (unpaired) electrons. The Bertz CT molecular complexity index is 1170. The van der Waals surface area contributed by atoms with Crippen LogP contribution in [0.15, 0.2) is 66.9 Å². The van der Waals surface area contributed by atoms with E-state index in [0.29, 0.717) is 0 Å². The summed E-state index contributed by atoms with van der Waals surface area (Å²) in [6.07, 6.45) is 0. The fraction of sp³-hybridized carbons (Fsp3) is 0.231. The molecule has 1 heterocycles. The summed E-state index contributed by atoms with van der Waals surface area (Å²) in [5, 5.41) is 1.40. The van der Waals surface area contributed by atoms with Gasteiger partial charge >= 0.3 is 0 Å². The molecule has 2 heteroatoms. The first kappa shape index (κ1) is 16.5. The highest BCUT2D eigenvalue weighted by Crippen LogP contribution is 2.65. The average molecular weight is 381 g/mol. The average Bonchev–Trinajstić information content (AvgIpc) is 2.96. The molecule has 1 aliphatic heterocycles. The molecule has 0 aromatic heterocycles. The number of hydrogen-bond acceptors (Lipinski definition) is 1. The van der Waals surface area contributed by atoms with Crippen molar-refractivity contribution in [1.82, 2.24) is 0 Å². The molecule has 2 bridgehead atoms. The van der Waals surface area contributed by atoms with E-state index in [4.69, 9.17) is 4.43 Å². The van der Waals surface area contributed by atoms with Crippen molar-refractivity contribution in [2.75, 3.05) is 0 Å². The van der Waals surface area contributed by atoms with Crippen molar-refractivity contribution in [2.24, 2.45) is 0 Å². The molecule has 3 aromatic rings. The minimum atomic E-state index is -2.27. The fourth-order valence-electron chi connectivity index (χ4n) is 6.35. The van der Waals surface area contributed by atoms with Crippen LogP contribution in [0, 0.1) is 13.8 Å². The molecule has 4 aliphatic rings. The van der Waals surface area contributed by atoms with Crippen molar-refractivity contribution in [2.45, 2.75) is 38.3 Å². The summed E-state index contributed by atoms with van der Waals surface area (Å²) in [4.78, 5) is 0. The van der Waals surface area contributed by atoms with Gasteiger partial charge in [-0.05, 0) is 77.0 Å². The zero-order valence-electron chi connectivity index (χ0n) is 16.9. The van der Waals surface area contributed by atoms with Crippen LogP contribution < -0.4 is 5.19 Å². The van der Waals surface area contributed by atoms with Gasteiger partial charge in [0.15, 0.2) is 0 Å². The van der Waals surface area contributed by atoms with E-state index in [1.807, 2.05) is 0 Å². The molecule has 3 aromatic carbocycles. The fourth-order valence-corrected chi connectivity index (χ4v) is 8.94. The molecule has 138 valence electrons. The van der Waals surface area contributed by atoms with E-state index in [0.717, 1.165) is 0 Å². The Morgan fingerprint density at radius 2 is 1.32 bits per heavy atom. The topological polar surface area (TPSA) is 9.23 Å². The first-order chi connectivity index (χ1) is 13.4. The molecule has 0 N–H and O–H groups in total. The van der Waals surface area contributed by atoms with Gasteiger partial charge in [-0.1, -0.05) is 60.3 Å². The normalized spacial score (nSPS) is 30.6. The van der Waals surface area contributed by atoms with Crippen LogP contribution in [0.5, 0.6) is 0 Å². The highest BCUT2D eigenvalue weighted by atomic mass is 28.4. The molecule has 0 saturated carbocycles. The van der Waals surface area contributed by atoms with Crippen LogP contribution in [0.25, 0.3) is 0 Å². The summed E-state index contributed by atoms with van der Waals surface area (Å²) in [7, 11) is -2.27. The Morgan fingerprint density at radius 3 is 1.86 bits per heavy atom. The molecule has 0 saturated heterocycles. The van der Waals surface area contributed by atoms with Gasteiger partial charge in [0.05, 0.1) is 0 Å². The van der Waals surface area contributed by atoms with Crippen molar-refractivity contribution >= 4 is 13.5 Å². The molecule has 28 heavy (non-hydrogen) atoms. The van der Waals surface area contributed by atoms with Crippen LogP contribution in [0.2, 0.25) is 6.55 Å². The third-order valence-corrected chi connectivity index (χ3v) is 10.6. The quantitative estimate of drug-likeness (QED) is 0.533. The Morgan fingerprint density at radius 1 is 0.821 bits per heavy atom. The lowest BCUT2D eigenvalue weighted by molar-refractivity contribution is 0.145. The Hall–Kier alpha value is -2.42. The lowest BCUT2D eigenvalue weighted by atomic mass is 9.51. The molecule has 1 unspecified atom stereocenters. The van der Waals surface area contributed by atoms with Crippen LogP contribution in [-0.4, -0.2) is 8.32 Å². The maximum atomic E-state index is 7.30. The van der Waals surface area contributed by atoms with E-state index in [1.54, 1.807) is 0 Å². The summed E-state index contributed by atoms with van der Waals surface area (Å²) in [6, 6.07) is 20.4. The summed E-state index contributed by atoms with van der Waals surface area (Å²) in [5.41, 5.74) is 12.5. The first-order valence-corrected chi connectivity index (χ1v) is 12.6. The van der Waals surface area contributed by atoms with Gasteiger partial charge in [0.2, 0.25) is 8.32 Å². The molecular weight excluding hydrogens is 356 g/mol. The molecule has 0 fully saturated rings. The second kappa shape index (κ2) is 4.76. The summed E-state index contributed by atoms with van der Waals surface area (Å²) < 4.78 is 7.30. The lowest BCUT2D eigenvalue weighted by Crippen LogP contribution is -2.51. The SMILES string of the molecule is C=C[Si]1(C)OC23c4c(C)cccc4C(C)(c4cccc(C)c42)c2cccc1c23. The summed E-state index contributed by atoms with van der Waals surface area (Å²) >= 11 is 0. The van der Waals surface area contributed by atoms with Gasteiger partial charge in [0.25, 0.3) is 0 Å². The van der Waals surface area contributed by atoms with E-state index >= 15 is 0 Å². The van der Waals surface area contributed by atoms with Crippen molar-refractivity contribution in [1.29, 1.82) is 0 Å². The van der Waals surface area contributed by atoms with Crippen LogP contribution in [-0.2, 0) is 15.4 Å². The molecule has 1 nitrogen and oxygen atoms in total. The molecule has 1 spiro atoms. The zero-order chi connectivity index (χ0) is 19.5. The molecule has 7 rings (SSSR count). The highest BCUT2D eigenvalue weighted by Gasteiger charge is 2.65. The zero-order valence-corrected chi connectivity index (χ0v) is 17.9. The lowest BCUT2D eigenvalue weighted by Gasteiger charge is -2.54. The van der Waals surface area contributed by atoms with Crippen molar-refractivity contribution in [3.05, 3.63) is 111 Å². The van der Waals surface area contributed by atoms with Crippen LogP contribution >= 0.6 is 0 Å². The molecule has 1 atom stereocenters. The number of benzene rings is 3. The van der Waals surface area contributed by atoms with E-state index in [1.165, 1.54) is 49.7 Å². The molecular formula is C26H24OSi. The van der Waals surface area contributed by atoms with E-state index < -0.39 is 13.9 Å². The number of hydrogen-bond donors (Lipinski definition) is 0. The largest absolute Gasteiger partial charge is 0.391 e. The maximum absolute atomic E-state index is 7.30. The van der Waals surface area contributed by atoms with Crippen LogP contribution in [0.1, 0.15) is 51.4 Å². The second-order valence-corrected chi connectivity index (χ2v) is 12.3. The highest BCUT2D eigenvalue weighted by molar-refractivity contribution is 6.91. The van der Waals surface area contributed by atoms with Gasteiger partial charge in [-0.25, -0.2) is 0 Å². The minimum Gasteiger partial charge on any atom is -0.391 e. The third kappa shape index (κ3) is 1.46. The minimum absolute atomic E-state index is 0.153. The molecule has 0 amide bonds. The van der Waals surface area contributed by atoms with Gasteiger partial charge < -0.3 is 4.43 Å². The van der Waals surface area contributed by atoms with Gasteiger partial charge in [-0.15, -0.1) is 6.58 Å². The second-order valence-electron chi connectivity index (χ2n) is 8.94. The van der Waals surface area contributed by atoms with Crippen molar-refractivity contribution in [3.63, 3.8) is 0 Å². The summed E-state index contributed by atoms with van der Waals surface area (Å²) in [6.45, 7) is 13.4. The Kier molecular flexibility index (Phi) is 2.81. The predicted octanol–water partition coefficient (Wildman–Crippen LogP) is 5.11. The maximum Gasteiger partial charge on any atom is 0.247 e. The number of aryl methyl sites for hydroxylation is 2. The van der Waals surface area contributed by atoms with Gasteiger partial charge in [-0.2, -0.15) is 0 Å². The van der Waals surface area contributed by atoms with Crippen LogP contribution in [0.4, 0.5) is 0 Å². The van der Waals surface area contributed by atoms with E-state index in [9.17, 15) is 0 Å². The van der Waals surface area contributed by atoms with E-state index in [-0.39, 0.29) is 5.41 Å². The predicted molar refractivity (Wildman–Crippen MR) is 117 cm³/mol. The summed E-state index contributed by atoms with van der Waals surface area (Å²) in [5.74, 6) is 0. The first-order valence-electron chi connectivity index (χ1n) is 10.1. The molecule has 3 aliphatic carbocycles. The monoisotopic (exact) mass is 380 g/mol. The number of rotatable bonds is 1. The van der Waals surface area contributed by atoms with E-state index in [2.05, 4.69) is 94.2 Å². The van der Waals surface area contributed by atoms with Gasteiger partial charge in [0, 0.05) is 5.41 Å². The van der Waals surface area contributed by atoms with Gasteiger partial charge in [-0.3, -0.25) is 0 Å². The standard InChI is InChI=1S/C26H24OSi/c1-6-28(5)21-15-9-14-20-24(21)26(27-28)22-16(2)10-7-12-18(22)25(20,4)19-13-8-11-17(3)23(19)26/h6-15H,1H2,2-5H3. The smallest absolute Gasteiger partial charge is 0.247 e. The Labute approximate surface area is 167 Å². The third-order valence-electron chi connectivity index (χ3n) is 7.57. The Balaban J connectivity index is 1.93. The van der Waals surface area contributed by atoms with Crippen molar-refractivity contribution < 1.29 is 4.43 Å².